The molecule has 2 aliphatic rings. The molecule has 0 radical (unpaired) electrons. The highest BCUT2D eigenvalue weighted by molar-refractivity contribution is 5.95. The van der Waals surface area contributed by atoms with Crippen LogP contribution in [-0.2, 0) is 20.9 Å². The summed E-state index contributed by atoms with van der Waals surface area (Å²) in [6.45, 7) is 6.93. The van der Waals surface area contributed by atoms with Gasteiger partial charge in [0.2, 0.25) is 11.8 Å². The molecule has 7 heteroatoms. The minimum atomic E-state index is -0.358. The first kappa shape index (κ1) is 25.2. The number of methoxy groups -OCH3 is 1. The van der Waals surface area contributed by atoms with E-state index < -0.39 is 0 Å². The van der Waals surface area contributed by atoms with Crippen LogP contribution in [0.5, 0.6) is 5.75 Å². The summed E-state index contributed by atoms with van der Waals surface area (Å²) in [4.78, 5) is 30.9. The van der Waals surface area contributed by atoms with Crippen LogP contribution in [-0.4, -0.2) is 61.6 Å². The van der Waals surface area contributed by atoms with Crippen LogP contribution in [0.25, 0.3) is 0 Å². The van der Waals surface area contributed by atoms with E-state index in [0.717, 1.165) is 62.5 Å². The van der Waals surface area contributed by atoms with Gasteiger partial charge in [-0.2, -0.15) is 0 Å². The lowest BCUT2D eigenvalue weighted by Gasteiger charge is -2.41. The van der Waals surface area contributed by atoms with Gasteiger partial charge in [-0.15, -0.1) is 0 Å². The third-order valence-electron chi connectivity index (χ3n) is 6.96. The van der Waals surface area contributed by atoms with Crippen molar-refractivity contribution in [2.45, 2.75) is 45.2 Å². The van der Waals surface area contributed by atoms with E-state index in [2.05, 4.69) is 23.2 Å². The van der Waals surface area contributed by atoms with Crippen LogP contribution in [0, 0.1) is 5.92 Å². The number of amides is 2. The molecule has 2 unspecified atom stereocenters. The highest BCUT2D eigenvalue weighted by atomic mass is 16.5. The van der Waals surface area contributed by atoms with Crippen molar-refractivity contribution in [3.8, 4) is 5.75 Å². The van der Waals surface area contributed by atoms with Crippen LogP contribution < -0.4 is 10.1 Å². The van der Waals surface area contributed by atoms with E-state index in [1.54, 1.807) is 7.11 Å². The van der Waals surface area contributed by atoms with Gasteiger partial charge in [0.05, 0.1) is 32.3 Å². The van der Waals surface area contributed by atoms with Crippen LogP contribution in [0.1, 0.15) is 49.8 Å². The van der Waals surface area contributed by atoms with Gasteiger partial charge in [-0.1, -0.05) is 43.7 Å². The molecule has 188 valence electrons. The van der Waals surface area contributed by atoms with Crippen molar-refractivity contribution in [3.05, 3.63) is 59.7 Å². The summed E-state index contributed by atoms with van der Waals surface area (Å²) >= 11 is 0. The van der Waals surface area contributed by atoms with E-state index in [1.807, 2.05) is 47.4 Å². The molecular weight excluding hydrogens is 442 g/mol. The van der Waals surface area contributed by atoms with Gasteiger partial charge in [0.15, 0.2) is 0 Å². The van der Waals surface area contributed by atoms with E-state index in [0.29, 0.717) is 25.1 Å². The zero-order valence-electron chi connectivity index (χ0n) is 20.9. The van der Waals surface area contributed by atoms with Gasteiger partial charge in [0.1, 0.15) is 5.75 Å². The van der Waals surface area contributed by atoms with Crippen molar-refractivity contribution in [1.29, 1.82) is 0 Å². The predicted octanol–water partition coefficient (Wildman–Crippen LogP) is 4.25. The van der Waals surface area contributed by atoms with E-state index in [-0.39, 0.29) is 23.8 Å². The molecule has 2 heterocycles. The summed E-state index contributed by atoms with van der Waals surface area (Å²) in [5.41, 5.74) is 2.84. The predicted molar refractivity (Wildman–Crippen MR) is 136 cm³/mol. The highest BCUT2D eigenvalue weighted by Gasteiger charge is 2.41. The molecule has 0 saturated carbocycles. The average Bonchev–Trinajstić information content (AvgIpc) is 2.88. The molecular formula is C28H37N3O4. The Bertz CT molecular complexity index is 1010. The zero-order valence-corrected chi connectivity index (χ0v) is 20.9. The Morgan fingerprint density at radius 3 is 2.71 bits per heavy atom. The molecule has 2 fully saturated rings. The molecule has 0 aliphatic carbocycles. The molecule has 0 bridgehead atoms. The van der Waals surface area contributed by atoms with Gasteiger partial charge in [-0.25, -0.2) is 0 Å². The maximum Gasteiger partial charge on any atom is 0.229 e. The first-order valence-electron chi connectivity index (χ1n) is 12.7. The standard InChI is InChI=1S/C28H37N3O4/c1-3-4-14-31-26(32)13-12-24(27(31)23-10-5-6-11-25(23)34-2)28(33)29-22-9-7-8-21(19-22)20-30-15-17-35-18-16-30/h5-11,19,24,27H,3-4,12-18,20H2,1-2H3,(H,29,33). The molecule has 2 amide bonds. The second-order valence-electron chi connectivity index (χ2n) is 9.35. The molecule has 1 N–H and O–H groups in total. The van der Waals surface area contributed by atoms with Crippen molar-refractivity contribution in [1.82, 2.24) is 9.80 Å². The molecule has 2 saturated heterocycles. The Hall–Kier alpha value is -2.90. The molecule has 2 aliphatic heterocycles. The van der Waals surface area contributed by atoms with Gasteiger partial charge in [-0.3, -0.25) is 14.5 Å². The second kappa shape index (κ2) is 12.2. The van der Waals surface area contributed by atoms with Crippen LogP contribution in [0.3, 0.4) is 0 Å². The normalized spacial score (nSPS) is 21.1. The minimum absolute atomic E-state index is 0.0570. The van der Waals surface area contributed by atoms with E-state index >= 15 is 0 Å². The largest absolute Gasteiger partial charge is 0.496 e. The molecule has 7 nitrogen and oxygen atoms in total. The number of carbonyl (C=O) groups excluding carboxylic acids is 2. The molecule has 0 aromatic heterocycles. The number of morpholine rings is 1. The number of nitrogens with one attached hydrogen (secondary N) is 1. The van der Waals surface area contributed by atoms with Crippen molar-refractivity contribution < 1.29 is 19.1 Å². The minimum Gasteiger partial charge on any atom is -0.496 e. The number of hydrogen-bond donors (Lipinski definition) is 1. The summed E-state index contributed by atoms with van der Waals surface area (Å²) in [6, 6.07) is 15.4. The number of unbranched alkanes of at least 4 members (excludes halogenated alkanes) is 1. The number of carbonyl (C=O) groups is 2. The molecule has 2 aromatic carbocycles. The fourth-order valence-corrected chi connectivity index (χ4v) is 5.11. The Labute approximate surface area is 208 Å². The summed E-state index contributed by atoms with van der Waals surface area (Å²) in [5, 5.41) is 3.16. The topological polar surface area (TPSA) is 71.1 Å². The fourth-order valence-electron chi connectivity index (χ4n) is 5.11. The smallest absolute Gasteiger partial charge is 0.229 e. The summed E-state index contributed by atoms with van der Waals surface area (Å²) in [6.07, 6.45) is 2.78. The molecule has 4 rings (SSSR count). The molecule has 2 aromatic rings. The number of ether oxygens (including phenoxy) is 2. The highest BCUT2D eigenvalue weighted by Crippen LogP contribution is 2.41. The lowest BCUT2D eigenvalue weighted by atomic mass is 9.83. The number of rotatable bonds is 9. The van der Waals surface area contributed by atoms with E-state index in [1.165, 1.54) is 0 Å². The Kier molecular flexibility index (Phi) is 8.77. The number of para-hydroxylation sites is 1. The van der Waals surface area contributed by atoms with Crippen LogP contribution in [0.2, 0.25) is 0 Å². The average molecular weight is 480 g/mol. The van der Waals surface area contributed by atoms with E-state index in [9.17, 15) is 9.59 Å². The Morgan fingerprint density at radius 1 is 1.14 bits per heavy atom. The molecule has 35 heavy (non-hydrogen) atoms. The van der Waals surface area contributed by atoms with Gasteiger partial charge < -0.3 is 19.7 Å². The molecule has 0 spiro atoms. The number of piperidine rings is 1. The SMILES string of the molecule is CCCCN1C(=O)CCC(C(=O)Nc2cccc(CN3CCOCC3)c2)C1c1ccccc1OC. The lowest BCUT2D eigenvalue weighted by molar-refractivity contribution is -0.142. The number of likely N-dealkylation sites (tertiary alicyclic amines) is 1. The number of benzene rings is 2. The van der Waals surface area contributed by atoms with Crippen LogP contribution in [0.15, 0.2) is 48.5 Å². The summed E-state index contributed by atoms with van der Waals surface area (Å²) in [7, 11) is 1.63. The molecule has 2 atom stereocenters. The van der Waals surface area contributed by atoms with Crippen LogP contribution >= 0.6 is 0 Å². The Balaban J connectivity index is 1.56. The third-order valence-corrected chi connectivity index (χ3v) is 6.96. The summed E-state index contributed by atoms with van der Waals surface area (Å²) in [5.74, 6) is 0.395. The Morgan fingerprint density at radius 2 is 1.94 bits per heavy atom. The van der Waals surface area contributed by atoms with Crippen molar-refractivity contribution >= 4 is 17.5 Å². The van der Waals surface area contributed by atoms with Crippen molar-refractivity contribution in [2.75, 3.05) is 45.3 Å². The van der Waals surface area contributed by atoms with Crippen molar-refractivity contribution in [2.24, 2.45) is 5.92 Å². The first-order valence-corrected chi connectivity index (χ1v) is 12.7. The van der Waals surface area contributed by atoms with E-state index in [4.69, 9.17) is 9.47 Å². The van der Waals surface area contributed by atoms with Crippen LogP contribution in [0.4, 0.5) is 5.69 Å². The van der Waals surface area contributed by atoms with Gasteiger partial charge >= 0.3 is 0 Å². The zero-order chi connectivity index (χ0) is 24.6. The maximum atomic E-state index is 13.7. The number of nitrogens with zero attached hydrogens (tertiary/aromatic N) is 2. The quantitative estimate of drug-likeness (QED) is 0.582. The van der Waals surface area contributed by atoms with Gasteiger partial charge in [0.25, 0.3) is 0 Å². The summed E-state index contributed by atoms with van der Waals surface area (Å²) < 4.78 is 11.1. The maximum absolute atomic E-state index is 13.7. The lowest BCUT2D eigenvalue weighted by Crippen LogP contribution is -2.47. The second-order valence-corrected chi connectivity index (χ2v) is 9.35. The first-order chi connectivity index (χ1) is 17.1. The fraction of sp³-hybridized carbons (Fsp3) is 0.500. The monoisotopic (exact) mass is 479 g/mol. The van der Waals surface area contributed by atoms with Gasteiger partial charge in [-0.05, 0) is 36.6 Å². The number of hydrogen-bond acceptors (Lipinski definition) is 5. The third kappa shape index (κ3) is 6.21. The van der Waals surface area contributed by atoms with Crippen molar-refractivity contribution in [3.63, 3.8) is 0 Å². The number of anilines is 1. The van der Waals surface area contributed by atoms with Gasteiger partial charge in [0, 0.05) is 43.9 Å².